The van der Waals surface area contributed by atoms with Crippen molar-refractivity contribution >= 4 is 17.3 Å². The van der Waals surface area contributed by atoms with E-state index in [0.717, 1.165) is 0 Å². The van der Waals surface area contributed by atoms with Crippen LogP contribution >= 0.6 is 0 Å². The maximum atomic E-state index is 11.7. The van der Waals surface area contributed by atoms with Gasteiger partial charge in [0.05, 0.1) is 43.4 Å². The van der Waals surface area contributed by atoms with Gasteiger partial charge < -0.3 is 25.3 Å². The summed E-state index contributed by atoms with van der Waals surface area (Å²) in [6.45, 7) is 4.33. The lowest BCUT2D eigenvalue weighted by molar-refractivity contribution is 0.0527. The first-order chi connectivity index (χ1) is 9.70. The standard InChI is InChI=1S/C14H22N2O4/c1-3-20-14(17)11-5-4-6-12(13(11)15)16-7-8-19-10-9-18-2/h4-6,16H,3,7-10,15H2,1-2H3. The fourth-order valence-electron chi connectivity index (χ4n) is 1.61. The molecule has 0 saturated heterocycles. The highest BCUT2D eigenvalue weighted by Gasteiger charge is 2.12. The van der Waals surface area contributed by atoms with Crippen molar-refractivity contribution in [3.63, 3.8) is 0 Å². The zero-order valence-corrected chi connectivity index (χ0v) is 12.0. The van der Waals surface area contributed by atoms with Crippen molar-refractivity contribution in [1.29, 1.82) is 0 Å². The van der Waals surface area contributed by atoms with Gasteiger partial charge >= 0.3 is 5.97 Å². The highest BCUT2D eigenvalue weighted by atomic mass is 16.5. The predicted octanol–water partition coefficient (Wildman–Crippen LogP) is 1.52. The summed E-state index contributed by atoms with van der Waals surface area (Å²) in [4.78, 5) is 11.7. The van der Waals surface area contributed by atoms with Gasteiger partial charge in [0.15, 0.2) is 0 Å². The third-order valence-corrected chi connectivity index (χ3v) is 2.60. The van der Waals surface area contributed by atoms with Crippen molar-refractivity contribution < 1.29 is 19.0 Å². The van der Waals surface area contributed by atoms with E-state index in [4.69, 9.17) is 19.9 Å². The summed E-state index contributed by atoms with van der Waals surface area (Å²) in [5.74, 6) is -0.412. The van der Waals surface area contributed by atoms with Crippen LogP contribution in [0, 0.1) is 0 Å². The molecule has 1 rings (SSSR count). The molecule has 0 aromatic heterocycles. The van der Waals surface area contributed by atoms with Crippen LogP contribution < -0.4 is 11.1 Å². The number of hydrogen-bond donors (Lipinski definition) is 2. The molecule has 0 aliphatic carbocycles. The Labute approximate surface area is 119 Å². The van der Waals surface area contributed by atoms with Gasteiger partial charge in [-0.1, -0.05) is 6.07 Å². The number of methoxy groups -OCH3 is 1. The molecule has 6 heteroatoms. The second-order valence-electron chi connectivity index (χ2n) is 4.02. The zero-order chi connectivity index (χ0) is 14.8. The monoisotopic (exact) mass is 282 g/mol. The number of nitrogen functional groups attached to an aromatic ring is 1. The molecule has 112 valence electrons. The molecule has 6 nitrogen and oxygen atoms in total. The number of carbonyl (C=O) groups excluding carboxylic acids is 1. The van der Waals surface area contributed by atoms with Gasteiger partial charge in [0, 0.05) is 13.7 Å². The van der Waals surface area contributed by atoms with Crippen molar-refractivity contribution in [2.45, 2.75) is 6.92 Å². The fraction of sp³-hybridized carbons (Fsp3) is 0.500. The van der Waals surface area contributed by atoms with Crippen LogP contribution in [0.3, 0.4) is 0 Å². The number of ether oxygens (including phenoxy) is 3. The quantitative estimate of drug-likeness (QED) is 0.406. The number of nitrogens with one attached hydrogen (secondary N) is 1. The van der Waals surface area contributed by atoms with E-state index in [1.54, 1.807) is 26.2 Å². The van der Waals surface area contributed by atoms with E-state index >= 15 is 0 Å². The maximum Gasteiger partial charge on any atom is 0.340 e. The first-order valence-corrected chi connectivity index (χ1v) is 6.56. The van der Waals surface area contributed by atoms with E-state index in [1.165, 1.54) is 0 Å². The fourth-order valence-corrected chi connectivity index (χ4v) is 1.61. The summed E-state index contributed by atoms with van der Waals surface area (Å²) in [7, 11) is 1.63. The van der Waals surface area contributed by atoms with Gasteiger partial charge in [0.2, 0.25) is 0 Å². The van der Waals surface area contributed by atoms with Crippen molar-refractivity contribution in [3.8, 4) is 0 Å². The number of nitrogens with two attached hydrogens (primary N) is 1. The van der Waals surface area contributed by atoms with Crippen LogP contribution in [0.4, 0.5) is 11.4 Å². The molecule has 0 aliphatic rings. The largest absolute Gasteiger partial charge is 0.462 e. The topological polar surface area (TPSA) is 82.8 Å². The van der Waals surface area contributed by atoms with Crippen LogP contribution in [0.15, 0.2) is 18.2 Å². The molecular formula is C14H22N2O4. The Hall–Kier alpha value is -1.79. The number of esters is 1. The van der Waals surface area contributed by atoms with Gasteiger partial charge in [-0.25, -0.2) is 4.79 Å². The molecule has 0 atom stereocenters. The summed E-state index contributed by atoms with van der Waals surface area (Å²) in [5.41, 5.74) is 7.42. The summed E-state index contributed by atoms with van der Waals surface area (Å²) < 4.78 is 15.2. The van der Waals surface area contributed by atoms with Gasteiger partial charge in [0.1, 0.15) is 0 Å². The molecule has 1 aromatic carbocycles. The highest BCUT2D eigenvalue weighted by molar-refractivity contribution is 5.98. The van der Waals surface area contributed by atoms with Gasteiger partial charge in [-0.05, 0) is 19.1 Å². The normalized spacial score (nSPS) is 10.3. The molecule has 0 radical (unpaired) electrons. The van der Waals surface area contributed by atoms with Crippen molar-refractivity contribution in [3.05, 3.63) is 23.8 Å². The summed E-state index contributed by atoms with van der Waals surface area (Å²) >= 11 is 0. The van der Waals surface area contributed by atoms with Gasteiger partial charge in [0.25, 0.3) is 0 Å². The summed E-state index contributed by atoms with van der Waals surface area (Å²) in [5, 5.41) is 3.13. The molecule has 0 bridgehead atoms. The number of carbonyl (C=O) groups is 1. The second-order valence-corrected chi connectivity index (χ2v) is 4.02. The van der Waals surface area contributed by atoms with Gasteiger partial charge in [-0.15, -0.1) is 0 Å². The molecular weight excluding hydrogens is 260 g/mol. The lowest BCUT2D eigenvalue weighted by Gasteiger charge is -2.12. The van der Waals surface area contributed by atoms with E-state index in [1.807, 2.05) is 6.07 Å². The van der Waals surface area contributed by atoms with Crippen LogP contribution in [0.25, 0.3) is 0 Å². The first kappa shape index (κ1) is 16.3. The van der Waals surface area contributed by atoms with Gasteiger partial charge in [-0.3, -0.25) is 0 Å². The Morgan fingerprint density at radius 1 is 1.30 bits per heavy atom. The molecule has 3 N–H and O–H groups in total. The number of para-hydroxylation sites is 1. The average Bonchev–Trinajstić information content (AvgIpc) is 2.44. The van der Waals surface area contributed by atoms with Crippen LogP contribution in [0.1, 0.15) is 17.3 Å². The predicted molar refractivity (Wildman–Crippen MR) is 78.0 cm³/mol. The first-order valence-electron chi connectivity index (χ1n) is 6.56. The lowest BCUT2D eigenvalue weighted by Crippen LogP contribution is -2.14. The number of rotatable bonds is 9. The molecule has 1 aromatic rings. The van der Waals surface area contributed by atoms with Crippen LogP contribution in [-0.2, 0) is 14.2 Å². The smallest absolute Gasteiger partial charge is 0.340 e. The molecule has 20 heavy (non-hydrogen) atoms. The van der Waals surface area contributed by atoms with Crippen LogP contribution in [0.2, 0.25) is 0 Å². The van der Waals surface area contributed by atoms with Crippen LogP contribution in [0.5, 0.6) is 0 Å². The minimum absolute atomic E-state index is 0.323. The molecule has 0 unspecified atom stereocenters. The summed E-state index contributed by atoms with van der Waals surface area (Å²) in [6, 6.07) is 5.22. The van der Waals surface area contributed by atoms with E-state index in [9.17, 15) is 4.79 Å². The summed E-state index contributed by atoms with van der Waals surface area (Å²) in [6.07, 6.45) is 0. The Morgan fingerprint density at radius 3 is 2.80 bits per heavy atom. The molecule has 0 heterocycles. The SMILES string of the molecule is CCOC(=O)c1cccc(NCCOCCOC)c1N. The Kier molecular flexibility index (Phi) is 7.46. The molecule has 0 saturated carbocycles. The highest BCUT2D eigenvalue weighted by Crippen LogP contribution is 2.23. The Bertz CT molecular complexity index is 424. The number of benzene rings is 1. The number of hydrogen-bond acceptors (Lipinski definition) is 6. The minimum Gasteiger partial charge on any atom is -0.462 e. The van der Waals surface area contributed by atoms with E-state index in [0.29, 0.717) is 49.9 Å². The molecule has 0 spiro atoms. The van der Waals surface area contributed by atoms with Gasteiger partial charge in [-0.2, -0.15) is 0 Å². The molecule has 0 amide bonds. The maximum absolute atomic E-state index is 11.7. The third kappa shape index (κ3) is 5.07. The third-order valence-electron chi connectivity index (χ3n) is 2.60. The zero-order valence-electron chi connectivity index (χ0n) is 12.0. The molecule has 0 aliphatic heterocycles. The van der Waals surface area contributed by atoms with E-state index in [-0.39, 0.29) is 0 Å². The second kappa shape index (κ2) is 9.17. The number of anilines is 2. The Morgan fingerprint density at radius 2 is 2.10 bits per heavy atom. The van der Waals surface area contributed by atoms with E-state index < -0.39 is 5.97 Å². The minimum atomic E-state index is -0.412. The van der Waals surface area contributed by atoms with Crippen molar-refractivity contribution in [1.82, 2.24) is 0 Å². The van der Waals surface area contributed by atoms with Crippen molar-refractivity contribution in [2.75, 3.05) is 51.1 Å². The molecule has 0 fully saturated rings. The van der Waals surface area contributed by atoms with E-state index in [2.05, 4.69) is 5.32 Å². The average molecular weight is 282 g/mol. The Balaban J connectivity index is 2.50. The van der Waals surface area contributed by atoms with Crippen LogP contribution in [-0.4, -0.2) is 46.1 Å². The lowest BCUT2D eigenvalue weighted by atomic mass is 10.1. The van der Waals surface area contributed by atoms with Crippen molar-refractivity contribution in [2.24, 2.45) is 0 Å².